The van der Waals surface area contributed by atoms with Gasteiger partial charge in [-0.25, -0.2) is 4.98 Å². The third-order valence-electron chi connectivity index (χ3n) is 2.76. The highest BCUT2D eigenvalue weighted by Crippen LogP contribution is 2.20. The second-order valence-electron chi connectivity index (χ2n) is 3.97. The molecule has 1 fully saturated rings. The average Bonchev–Trinajstić information content (AvgIpc) is 2.91. The first kappa shape index (κ1) is 13.9. The van der Waals surface area contributed by atoms with E-state index in [4.69, 9.17) is 4.74 Å². The van der Waals surface area contributed by atoms with Crippen molar-refractivity contribution >= 4 is 21.5 Å². The van der Waals surface area contributed by atoms with Gasteiger partial charge in [0.05, 0.1) is 19.3 Å². The Labute approximate surface area is 111 Å². The Balaban J connectivity index is 2.06. The van der Waals surface area contributed by atoms with Gasteiger partial charge in [-0.1, -0.05) is 6.92 Å². The molecule has 0 aliphatic carbocycles. The number of thiazole rings is 1. The predicted molar refractivity (Wildman–Crippen MR) is 69.6 cm³/mol. The number of aromatic nitrogens is 1. The van der Waals surface area contributed by atoms with Crippen molar-refractivity contribution in [1.82, 2.24) is 14.0 Å². The van der Waals surface area contributed by atoms with Crippen molar-refractivity contribution in [2.24, 2.45) is 0 Å². The number of hydrogen-bond acceptors (Lipinski definition) is 5. The highest BCUT2D eigenvalue weighted by Gasteiger charge is 2.27. The van der Waals surface area contributed by atoms with Crippen LogP contribution in [-0.4, -0.2) is 44.0 Å². The summed E-state index contributed by atoms with van der Waals surface area (Å²) in [6.45, 7) is 3.66. The van der Waals surface area contributed by atoms with Crippen LogP contribution in [0, 0.1) is 0 Å². The van der Waals surface area contributed by atoms with Crippen molar-refractivity contribution < 1.29 is 13.2 Å². The Hall–Kier alpha value is -0.540. The third-order valence-corrected chi connectivity index (χ3v) is 5.28. The van der Waals surface area contributed by atoms with E-state index >= 15 is 0 Å². The maximum atomic E-state index is 12.2. The third kappa shape index (κ3) is 3.27. The predicted octanol–water partition coefficient (Wildman–Crippen LogP) is 0.761. The normalized spacial score (nSPS) is 19.8. The van der Waals surface area contributed by atoms with Gasteiger partial charge in [0.15, 0.2) is 0 Å². The largest absolute Gasteiger partial charge is 0.379 e. The summed E-state index contributed by atoms with van der Waals surface area (Å²) in [7, 11) is -3.45. The highest BCUT2D eigenvalue weighted by molar-refractivity contribution is 7.87. The van der Waals surface area contributed by atoms with Crippen LogP contribution in [0.5, 0.6) is 0 Å². The molecule has 1 aliphatic heterocycles. The molecule has 0 saturated carbocycles. The zero-order valence-electron chi connectivity index (χ0n) is 10.2. The van der Waals surface area contributed by atoms with Crippen LogP contribution in [0.2, 0.25) is 0 Å². The smallest absolute Gasteiger partial charge is 0.280 e. The van der Waals surface area contributed by atoms with Gasteiger partial charge in [0.25, 0.3) is 10.2 Å². The summed E-state index contributed by atoms with van der Waals surface area (Å²) >= 11 is 1.46. The van der Waals surface area contributed by atoms with E-state index in [-0.39, 0.29) is 6.04 Å². The van der Waals surface area contributed by atoms with Crippen LogP contribution in [0.15, 0.2) is 11.6 Å². The van der Waals surface area contributed by atoms with E-state index < -0.39 is 10.2 Å². The zero-order valence-corrected chi connectivity index (χ0v) is 11.8. The molecule has 0 radical (unpaired) electrons. The minimum atomic E-state index is -3.45. The molecule has 1 aromatic heterocycles. The maximum absolute atomic E-state index is 12.2. The fourth-order valence-corrected chi connectivity index (χ4v) is 4.02. The molecule has 102 valence electrons. The lowest BCUT2D eigenvalue weighted by atomic mass is 10.3. The number of nitrogens with one attached hydrogen (secondary N) is 1. The van der Waals surface area contributed by atoms with Crippen LogP contribution in [0.4, 0.5) is 0 Å². The van der Waals surface area contributed by atoms with Gasteiger partial charge >= 0.3 is 0 Å². The first-order chi connectivity index (χ1) is 8.63. The molecule has 6 nitrogen and oxygen atoms in total. The molecule has 2 rings (SSSR count). The monoisotopic (exact) mass is 291 g/mol. The minimum absolute atomic E-state index is 0.252. The van der Waals surface area contributed by atoms with E-state index in [2.05, 4.69) is 9.71 Å². The van der Waals surface area contributed by atoms with Crippen LogP contribution < -0.4 is 4.72 Å². The van der Waals surface area contributed by atoms with Crippen molar-refractivity contribution in [3.05, 3.63) is 16.6 Å². The number of ether oxygens (including phenoxy) is 1. The fraction of sp³-hybridized carbons (Fsp3) is 0.700. The summed E-state index contributed by atoms with van der Waals surface area (Å²) in [4.78, 5) is 4.17. The van der Waals surface area contributed by atoms with Gasteiger partial charge in [-0.05, 0) is 6.42 Å². The maximum Gasteiger partial charge on any atom is 0.280 e. The Morgan fingerprint density at radius 2 is 2.28 bits per heavy atom. The Kier molecular flexibility index (Phi) is 4.68. The Morgan fingerprint density at radius 1 is 1.56 bits per heavy atom. The number of hydrogen-bond donors (Lipinski definition) is 1. The van der Waals surface area contributed by atoms with E-state index in [1.807, 2.05) is 12.3 Å². The van der Waals surface area contributed by atoms with Crippen LogP contribution >= 0.6 is 11.3 Å². The molecular weight excluding hydrogens is 274 g/mol. The molecule has 0 bridgehead atoms. The Morgan fingerprint density at radius 3 is 2.83 bits per heavy atom. The van der Waals surface area contributed by atoms with Crippen molar-refractivity contribution in [3.63, 3.8) is 0 Å². The summed E-state index contributed by atoms with van der Waals surface area (Å²) in [5.74, 6) is 0. The molecule has 1 N–H and O–H groups in total. The number of nitrogens with zero attached hydrogens (tertiary/aromatic N) is 2. The molecule has 0 unspecified atom stereocenters. The molecule has 1 saturated heterocycles. The minimum Gasteiger partial charge on any atom is -0.379 e. The van der Waals surface area contributed by atoms with Crippen molar-refractivity contribution in [1.29, 1.82) is 0 Å². The van der Waals surface area contributed by atoms with Crippen LogP contribution in [-0.2, 0) is 14.9 Å². The SMILES string of the molecule is CC[C@H](NS(=O)(=O)N1CCOCC1)c1nccs1. The molecule has 0 spiro atoms. The van der Waals surface area contributed by atoms with Crippen molar-refractivity contribution in [2.75, 3.05) is 26.3 Å². The van der Waals surface area contributed by atoms with Gasteiger partial charge in [0.1, 0.15) is 5.01 Å². The lowest BCUT2D eigenvalue weighted by Gasteiger charge is -2.27. The molecule has 0 aromatic carbocycles. The second kappa shape index (κ2) is 6.07. The summed E-state index contributed by atoms with van der Waals surface area (Å²) in [5, 5.41) is 2.65. The van der Waals surface area contributed by atoms with E-state index in [9.17, 15) is 8.42 Å². The summed E-state index contributed by atoms with van der Waals surface area (Å²) in [5.41, 5.74) is 0. The average molecular weight is 291 g/mol. The number of morpholine rings is 1. The van der Waals surface area contributed by atoms with E-state index in [0.717, 1.165) is 5.01 Å². The van der Waals surface area contributed by atoms with Crippen LogP contribution in [0.3, 0.4) is 0 Å². The molecular formula is C10H17N3O3S2. The quantitative estimate of drug-likeness (QED) is 0.869. The van der Waals surface area contributed by atoms with Crippen molar-refractivity contribution in [3.8, 4) is 0 Å². The highest BCUT2D eigenvalue weighted by atomic mass is 32.2. The molecule has 0 amide bonds. The fourth-order valence-electron chi connectivity index (χ4n) is 1.76. The summed E-state index contributed by atoms with van der Waals surface area (Å²) < 4.78 is 33.7. The van der Waals surface area contributed by atoms with E-state index in [0.29, 0.717) is 32.7 Å². The van der Waals surface area contributed by atoms with Gasteiger partial charge < -0.3 is 4.74 Å². The second-order valence-corrected chi connectivity index (χ2v) is 6.59. The first-order valence-corrected chi connectivity index (χ1v) is 8.20. The molecule has 2 heterocycles. The molecule has 8 heteroatoms. The summed E-state index contributed by atoms with van der Waals surface area (Å²) in [6, 6.07) is -0.252. The zero-order chi connectivity index (χ0) is 13.0. The lowest BCUT2D eigenvalue weighted by Crippen LogP contribution is -2.47. The van der Waals surface area contributed by atoms with Gasteiger partial charge in [0.2, 0.25) is 0 Å². The number of rotatable bonds is 5. The standard InChI is InChI=1S/C10H17N3O3S2/c1-2-9(10-11-3-8-17-10)12-18(14,15)13-4-6-16-7-5-13/h3,8-9,12H,2,4-7H2,1H3/t9-/m0/s1. The molecule has 18 heavy (non-hydrogen) atoms. The molecule has 1 aromatic rings. The van der Waals surface area contributed by atoms with E-state index in [1.54, 1.807) is 6.20 Å². The van der Waals surface area contributed by atoms with Gasteiger partial charge in [-0.15, -0.1) is 11.3 Å². The lowest BCUT2D eigenvalue weighted by molar-refractivity contribution is 0.0723. The summed E-state index contributed by atoms with van der Waals surface area (Å²) in [6.07, 6.45) is 2.36. The topological polar surface area (TPSA) is 71.5 Å². The van der Waals surface area contributed by atoms with Gasteiger partial charge in [-0.3, -0.25) is 0 Å². The molecule has 1 aliphatic rings. The van der Waals surface area contributed by atoms with Crippen LogP contribution in [0.1, 0.15) is 24.4 Å². The molecule has 1 atom stereocenters. The van der Waals surface area contributed by atoms with Gasteiger partial charge in [-0.2, -0.15) is 17.4 Å². The van der Waals surface area contributed by atoms with Crippen LogP contribution in [0.25, 0.3) is 0 Å². The van der Waals surface area contributed by atoms with E-state index in [1.165, 1.54) is 15.6 Å². The van der Waals surface area contributed by atoms with Crippen molar-refractivity contribution in [2.45, 2.75) is 19.4 Å². The first-order valence-electron chi connectivity index (χ1n) is 5.88. The Bertz CT molecular complexity index is 455. The van der Waals surface area contributed by atoms with Gasteiger partial charge in [0, 0.05) is 24.7 Å².